The molecule has 0 unspecified atom stereocenters. The van der Waals surface area contributed by atoms with Crippen LogP contribution < -0.4 is 10.5 Å². The predicted molar refractivity (Wildman–Crippen MR) is 35.5 cm³/mol. The molecule has 0 spiro atoms. The third-order valence-electron chi connectivity index (χ3n) is 0.980. The maximum absolute atomic E-state index is 5.24. The molecular formula is C5H10N4O. The van der Waals surface area contributed by atoms with Crippen molar-refractivity contribution in [3.8, 4) is 6.01 Å². The Balaban J connectivity index is 2.15. The molecule has 1 heterocycles. The van der Waals surface area contributed by atoms with Gasteiger partial charge in [-0.05, 0) is 13.0 Å². The van der Waals surface area contributed by atoms with Gasteiger partial charge < -0.3 is 10.5 Å². The standard InChI is InChI=1S/C5H10N4O/c6-2-1-3-10-5-7-4-8-9-5/h4H,1-3,6H2,(H,7,8,9). The second-order valence-electron chi connectivity index (χ2n) is 1.78. The minimum absolute atomic E-state index is 0.452. The molecule has 0 fully saturated rings. The van der Waals surface area contributed by atoms with Crippen molar-refractivity contribution in [2.24, 2.45) is 5.73 Å². The van der Waals surface area contributed by atoms with E-state index in [1.165, 1.54) is 6.33 Å². The Labute approximate surface area is 58.6 Å². The van der Waals surface area contributed by atoms with Gasteiger partial charge in [-0.15, -0.1) is 0 Å². The molecular weight excluding hydrogens is 132 g/mol. The van der Waals surface area contributed by atoms with Crippen molar-refractivity contribution >= 4 is 0 Å². The van der Waals surface area contributed by atoms with Crippen LogP contribution in [0.3, 0.4) is 0 Å². The highest BCUT2D eigenvalue weighted by atomic mass is 16.5. The van der Waals surface area contributed by atoms with Gasteiger partial charge in [-0.3, -0.25) is 0 Å². The second kappa shape index (κ2) is 3.84. The summed E-state index contributed by atoms with van der Waals surface area (Å²) in [5.41, 5.74) is 5.24. The summed E-state index contributed by atoms with van der Waals surface area (Å²) >= 11 is 0. The summed E-state index contributed by atoms with van der Waals surface area (Å²) in [6.45, 7) is 1.22. The number of aromatic nitrogens is 3. The molecule has 1 aromatic rings. The number of hydrogen-bond donors (Lipinski definition) is 2. The Bertz CT molecular complexity index is 162. The number of rotatable bonds is 4. The Hall–Kier alpha value is -1.10. The largest absolute Gasteiger partial charge is 0.464 e. The molecule has 0 aliphatic heterocycles. The smallest absolute Gasteiger partial charge is 0.312 e. The maximum atomic E-state index is 5.24. The molecule has 1 rings (SSSR count). The Kier molecular flexibility index (Phi) is 2.69. The van der Waals surface area contributed by atoms with E-state index in [1.54, 1.807) is 0 Å². The van der Waals surface area contributed by atoms with Crippen LogP contribution in [-0.2, 0) is 0 Å². The Morgan fingerprint density at radius 3 is 3.20 bits per heavy atom. The van der Waals surface area contributed by atoms with Crippen LogP contribution in [0.4, 0.5) is 0 Å². The Morgan fingerprint density at radius 1 is 1.70 bits per heavy atom. The van der Waals surface area contributed by atoms with Crippen molar-refractivity contribution < 1.29 is 4.74 Å². The average Bonchev–Trinajstić information content (AvgIpc) is 2.41. The van der Waals surface area contributed by atoms with Crippen LogP contribution in [-0.4, -0.2) is 28.3 Å². The molecule has 0 radical (unpaired) electrons. The number of hydrogen-bond acceptors (Lipinski definition) is 4. The summed E-state index contributed by atoms with van der Waals surface area (Å²) in [5, 5.41) is 6.18. The lowest BCUT2D eigenvalue weighted by Crippen LogP contribution is -2.06. The molecule has 56 valence electrons. The molecule has 0 aromatic carbocycles. The zero-order valence-electron chi connectivity index (χ0n) is 5.58. The van der Waals surface area contributed by atoms with Crippen LogP contribution in [0.5, 0.6) is 6.01 Å². The molecule has 0 aliphatic rings. The van der Waals surface area contributed by atoms with Crippen LogP contribution in [0, 0.1) is 0 Å². The van der Waals surface area contributed by atoms with Gasteiger partial charge in [0.25, 0.3) is 0 Å². The zero-order chi connectivity index (χ0) is 7.23. The number of aromatic amines is 1. The van der Waals surface area contributed by atoms with E-state index in [9.17, 15) is 0 Å². The summed E-state index contributed by atoms with van der Waals surface area (Å²) in [5.74, 6) is 0. The van der Waals surface area contributed by atoms with Crippen molar-refractivity contribution in [1.82, 2.24) is 15.2 Å². The lowest BCUT2D eigenvalue weighted by Gasteiger charge is -1.97. The van der Waals surface area contributed by atoms with Gasteiger partial charge in [0.2, 0.25) is 0 Å². The normalized spacial score (nSPS) is 9.70. The van der Waals surface area contributed by atoms with Crippen molar-refractivity contribution in [3.63, 3.8) is 0 Å². The molecule has 0 saturated heterocycles. The molecule has 0 atom stereocenters. The molecule has 0 amide bonds. The highest BCUT2D eigenvalue weighted by Crippen LogP contribution is 1.95. The van der Waals surface area contributed by atoms with Crippen LogP contribution in [0.15, 0.2) is 6.33 Å². The van der Waals surface area contributed by atoms with Crippen LogP contribution >= 0.6 is 0 Å². The fourth-order valence-electron chi connectivity index (χ4n) is 0.516. The maximum Gasteiger partial charge on any atom is 0.312 e. The average molecular weight is 142 g/mol. The molecule has 3 N–H and O–H groups in total. The highest BCUT2D eigenvalue weighted by Gasteiger charge is 1.92. The van der Waals surface area contributed by atoms with Gasteiger partial charge in [-0.2, -0.15) is 10.1 Å². The van der Waals surface area contributed by atoms with Gasteiger partial charge in [0, 0.05) is 0 Å². The summed E-state index contributed by atoms with van der Waals surface area (Å²) < 4.78 is 5.08. The highest BCUT2D eigenvalue weighted by molar-refractivity contribution is 4.84. The first kappa shape index (κ1) is 7.01. The fourth-order valence-corrected chi connectivity index (χ4v) is 0.516. The summed E-state index contributed by atoms with van der Waals surface area (Å²) in [6, 6.07) is 0.452. The second-order valence-corrected chi connectivity index (χ2v) is 1.78. The first-order valence-electron chi connectivity index (χ1n) is 3.11. The van der Waals surface area contributed by atoms with Crippen LogP contribution in [0.1, 0.15) is 6.42 Å². The third-order valence-corrected chi connectivity index (χ3v) is 0.980. The fraction of sp³-hybridized carbons (Fsp3) is 0.600. The Morgan fingerprint density at radius 2 is 2.60 bits per heavy atom. The van der Waals surface area contributed by atoms with Gasteiger partial charge >= 0.3 is 6.01 Å². The van der Waals surface area contributed by atoms with Gasteiger partial charge in [0.05, 0.1) is 6.61 Å². The number of H-pyrrole nitrogens is 1. The summed E-state index contributed by atoms with van der Waals surface area (Å²) in [6.07, 6.45) is 2.23. The van der Waals surface area contributed by atoms with E-state index in [1.807, 2.05) is 0 Å². The quantitative estimate of drug-likeness (QED) is 0.557. The SMILES string of the molecule is NCCCOc1ncn[nH]1. The van der Waals surface area contributed by atoms with E-state index < -0.39 is 0 Å². The number of nitrogens with one attached hydrogen (secondary N) is 1. The molecule has 0 saturated carbocycles. The number of nitrogens with two attached hydrogens (primary N) is 1. The zero-order valence-corrected chi connectivity index (χ0v) is 5.58. The van der Waals surface area contributed by atoms with E-state index in [0.29, 0.717) is 19.2 Å². The van der Waals surface area contributed by atoms with Crippen molar-refractivity contribution in [1.29, 1.82) is 0 Å². The van der Waals surface area contributed by atoms with Crippen molar-refractivity contribution in [2.75, 3.05) is 13.2 Å². The lowest BCUT2D eigenvalue weighted by molar-refractivity contribution is 0.290. The molecule has 0 bridgehead atoms. The third kappa shape index (κ3) is 2.02. The van der Waals surface area contributed by atoms with Crippen LogP contribution in [0.2, 0.25) is 0 Å². The molecule has 0 aliphatic carbocycles. The monoisotopic (exact) mass is 142 g/mol. The van der Waals surface area contributed by atoms with E-state index in [2.05, 4.69) is 15.2 Å². The molecule has 1 aromatic heterocycles. The van der Waals surface area contributed by atoms with Crippen molar-refractivity contribution in [3.05, 3.63) is 6.33 Å². The van der Waals surface area contributed by atoms with E-state index in [-0.39, 0.29) is 0 Å². The van der Waals surface area contributed by atoms with E-state index in [4.69, 9.17) is 10.5 Å². The molecule has 10 heavy (non-hydrogen) atoms. The van der Waals surface area contributed by atoms with Gasteiger partial charge in [0.1, 0.15) is 6.33 Å². The summed E-state index contributed by atoms with van der Waals surface area (Å²) in [4.78, 5) is 3.76. The minimum atomic E-state index is 0.452. The topological polar surface area (TPSA) is 76.8 Å². The predicted octanol–water partition coefficient (Wildman–Crippen LogP) is -0.468. The van der Waals surface area contributed by atoms with Gasteiger partial charge in [0.15, 0.2) is 0 Å². The summed E-state index contributed by atoms with van der Waals surface area (Å²) in [7, 11) is 0. The van der Waals surface area contributed by atoms with Gasteiger partial charge in [-0.1, -0.05) is 0 Å². The van der Waals surface area contributed by atoms with Crippen molar-refractivity contribution in [2.45, 2.75) is 6.42 Å². The molecule has 5 heteroatoms. The molecule has 5 nitrogen and oxygen atoms in total. The van der Waals surface area contributed by atoms with Gasteiger partial charge in [-0.25, -0.2) is 5.10 Å². The minimum Gasteiger partial charge on any atom is -0.464 e. The lowest BCUT2D eigenvalue weighted by atomic mass is 10.5. The first-order chi connectivity index (χ1) is 4.93. The van der Waals surface area contributed by atoms with E-state index >= 15 is 0 Å². The number of nitrogens with zero attached hydrogens (tertiary/aromatic N) is 2. The first-order valence-corrected chi connectivity index (χ1v) is 3.11. The number of ether oxygens (including phenoxy) is 1. The van der Waals surface area contributed by atoms with Crippen LogP contribution in [0.25, 0.3) is 0 Å². The van der Waals surface area contributed by atoms with E-state index in [0.717, 1.165) is 6.42 Å².